The Labute approximate surface area is 188 Å². The van der Waals surface area contributed by atoms with Crippen molar-refractivity contribution in [2.24, 2.45) is 0 Å². The predicted molar refractivity (Wildman–Crippen MR) is 124 cm³/mol. The molecule has 1 aromatic heterocycles. The molecule has 2 aromatic carbocycles. The summed E-state index contributed by atoms with van der Waals surface area (Å²) >= 11 is 0. The Bertz CT molecular complexity index is 1220. The van der Waals surface area contributed by atoms with Crippen LogP contribution in [-0.2, 0) is 15.1 Å². The van der Waals surface area contributed by atoms with Crippen molar-refractivity contribution in [3.63, 3.8) is 0 Å². The fraction of sp³-hybridized carbons (Fsp3) is 0.407. The van der Waals surface area contributed by atoms with E-state index >= 15 is 0 Å². The smallest absolute Gasteiger partial charge is 0.255 e. The average molecular weight is 428 g/mol. The van der Waals surface area contributed by atoms with Gasteiger partial charge in [0.25, 0.3) is 5.91 Å². The Hall–Kier alpha value is -3.08. The van der Waals surface area contributed by atoms with Crippen molar-refractivity contribution in [1.29, 1.82) is 0 Å². The van der Waals surface area contributed by atoms with Crippen molar-refractivity contribution in [2.45, 2.75) is 57.0 Å². The van der Waals surface area contributed by atoms with Gasteiger partial charge in [-0.2, -0.15) is 0 Å². The van der Waals surface area contributed by atoms with Gasteiger partial charge in [0.15, 0.2) is 5.54 Å². The van der Waals surface area contributed by atoms with Gasteiger partial charge in [-0.1, -0.05) is 60.9 Å². The summed E-state index contributed by atoms with van der Waals surface area (Å²) in [6.07, 6.45) is 4.27. The number of hydrogen-bond acceptors (Lipinski definition) is 2. The fourth-order valence-corrected chi connectivity index (χ4v) is 6.24. The first kappa shape index (κ1) is 19.6. The number of piperazine rings is 1. The van der Waals surface area contributed by atoms with Crippen molar-refractivity contribution in [3.05, 3.63) is 70.9 Å². The van der Waals surface area contributed by atoms with E-state index in [9.17, 15) is 9.59 Å². The standard InChI is InChI=1S/C27H29N3O2/c1-17-11-13-18(14-12-17)21-15-30-23(31)16-29(19-7-3-4-8-19)26(32)27(30,2)25-24(21)20-9-5-6-10-22(20)28-25/h5-6,9-14,19,21,28H,3-4,7-8,15-16H2,1-2H3/t21?,27-/m0/s1. The van der Waals surface area contributed by atoms with Gasteiger partial charge in [0, 0.05) is 29.4 Å². The summed E-state index contributed by atoms with van der Waals surface area (Å²) < 4.78 is 0. The summed E-state index contributed by atoms with van der Waals surface area (Å²) in [6, 6.07) is 17.0. The number of carbonyl (C=O) groups is 2. The quantitative estimate of drug-likeness (QED) is 0.657. The molecule has 0 bridgehead atoms. The van der Waals surface area contributed by atoms with Gasteiger partial charge in [-0.3, -0.25) is 9.59 Å². The van der Waals surface area contributed by atoms with E-state index < -0.39 is 5.54 Å². The monoisotopic (exact) mass is 427 g/mol. The number of H-pyrrole nitrogens is 1. The Balaban J connectivity index is 1.56. The van der Waals surface area contributed by atoms with Crippen LogP contribution in [0.5, 0.6) is 0 Å². The molecule has 1 unspecified atom stereocenters. The first-order valence-electron chi connectivity index (χ1n) is 11.8. The summed E-state index contributed by atoms with van der Waals surface area (Å²) in [7, 11) is 0. The number of nitrogens with zero attached hydrogens (tertiary/aromatic N) is 2. The van der Waals surface area contributed by atoms with Gasteiger partial charge >= 0.3 is 0 Å². The van der Waals surface area contributed by atoms with E-state index in [-0.39, 0.29) is 30.3 Å². The number of fused-ring (bicyclic) bond motifs is 5. The Morgan fingerprint density at radius 1 is 1.00 bits per heavy atom. The first-order chi connectivity index (χ1) is 15.5. The lowest BCUT2D eigenvalue weighted by molar-refractivity contribution is -0.168. The van der Waals surface area contributed by atoms with E-state index in [4.69, 9.17) is 0 Å². The second-order valence-corrected chi connectivity index (χ2v) is 9.87. The lowest BCUT2D eigenvalue weighted by Crippen LogP contribution is -2.68. The van der Waals surface area contributed by atoms with Crippen LogP contribution in [0, 0.1) is 6.92 Å². The molecule has 2 fully saturated rings. The molecule has 2 amide bonds. The highest BCUT2D eigenvalue weighted by Gasteiger charge is 2.57. The number of benzene rings is 2. The molecule has 3 aliphatic rings. The number of para-hydroxylation sites is 1. The zero-order valence-electron chi connectivity index (χ0n) is 18.7. The molecule has 5 nitrogen and oxygen atoms in total. The number of hydrogen-bond donors (Lipinski definition) is 1. The molecule has 1 aliphatic carbocycles. The SMILES string of the molecule is Cc1ccc(C2CN3C(=O)CN(C4CCCC4)C(=O)[C@]3(C)c3[nH]c4ccccc4c32)cc1. The molecule has 2 atom stereocenters. The zero-order valence-corrected chi connectivity index (χ0v) is 18.7. The number of aromatic amines is 1. The largest absolute Gasteiger partial charge is 0.356 e. The maximum absolute atomic E-state index is 14.1. The summed E-state index contributed by atoms with van der Waals surface area (Å²) in [4.78, 5) is 34.9. The zero-order chi connectivity index (χ0) is 22.0. The summed E-state index contributed by atoms with van der Waals surface area (Å²) in [6.45, 7) is 4.77. The molecule has 3 heterocycles. The second-order valence-electron chi connectivity index (χ2n) is 9.87. The van der Waals surface area contributed by atoms with Crippen molar-refractivity contribution in [1.82, 2.24) is 14.8 Å². The molecule has 1 saturated carbocycles. The van der Waals surface area contributed by atoms with Crippen LogP contribution in [0.4, 0.5) is 0 Å². The van der Waals surface area contributed by atoms with Crippen LogP contribution in [0.15, 0.2) is 48.5 Å². The number of amides is 2. The number of aromatic nitrogens is 1. The van der Waals surface area contributed by atoms with Crippen LogP contribution in [-0.4, -0.2) is 45.7 Å². The van der Waals surface area contributed by atoms with E-state index in [1.807, 2.05) is 22.8 Å². The molecule has 3 aromatic rings. The molecule has 0 spiro atoms. The van der Waals surface area contributed by atoms with Crippen LogP contribution in [0.2, 0.25) is 0 Å². The summed E-state index contributed by atoms with van der Waals surface area (Å²) in [5, 5.41) is 1.15. The lowest BCUT2D eigenvalue weighted by Gasteiger charge is -2.52. The Morgan fingerprint density at radius 2 is 1.72 bits per heavy atom. The fourth-order valence-electron chi connectivity index (χ4n) is 6.24. The van der Waals surface area contributed by atoms with Crippen LogP contribution in [0.3, 0.4) is 0 Å². The lowest BCUT2D eigenvalue weighted by atomic mass is 9.76. The van der Waals surface area contributed by atoms with Crippen LogP contribution >= 0.6 is 0 Å². The third kappa shape index (κ3) is 2.63. The van der Waals surface area contributed by atoms with Gasteiger partial charge in [-0.05, 0) is 43.9 Å². The predicted octanol–water partition coefficient (Wildman–Crippen LogP) is 4.45. The molecule has 6 rings (SSSR count). The first-order valence-corrected chi connectivity index (χ1v) is 11.8. The third-order valence-corrected chi connectivity index (χ3v) is 8.02. The number of rotatable bonds is 2. The Kier molecular flexibility index (Phi) is 4.26. The van der Waals surface area contributed by atoms with Crippen molar-refractivity contribution < 1.29 is 9.59 Å². The maximum Gasteiger partial charge on any atom is 0.255 e. The van der Waals surface area contributed by atoms with Crippen LogP contribution < -0.4 is 0 Å². The van der Waals surface area contributed by atoms with Crippen LogP contribution in [0.25, 0.3) is 10.9 Å². The second kappa shape index (κ2) is 6.96. The van der Waals surface area contributed by atoms with Gasteiger partial charge in [0.05, 0.1) is 5.69 Å². The van der Waals surface area contributed by atoms with Gasteiger partial charge in [-0.15, -0.1) is 0 Å². The van der Waals surface area contributed by atoms with Gasteiger partial charge in [0.1, 0.15) is 6.54 Å². The van der Waals surface area contributed by atoms with Crippen molar-refractivity contribution in [3.8, 4) is 0 Å². The molecule has 2 aliphatic heterocycles. The highest BCUT2D eigenvalue weighted by molar-refractivity contribution is 6.01. The molecular formula is C27H29N3O2. The maximum atomic E-state index is 14.1. The van der Waals surface area contributed by atoms with E-state index in [1.165, 1.54) is 11.1 Å². The summed E-state index contributed by atoms with van der Waals surface area (Å²) in [5.41, 5.74) is 4.48. The minimum absolute atomic E-state index is 0.0320. The van der Waals surface area contributed by atoms with E-state index in [2.05, 4.69) is 54.4 Å². The number of carbonyl (C=O) groups excluding carboxylic acids is 2. The molecule has 32 heavy (non-hydrogen) atoms. The molecule has 5 heteroatoms. The van der Waals surface area contributed by atoms with Gasteiger partial charge in [-0.25, -0.2) is 0 Å². The van der Waals surface area contributed by atoms with E-state index in [1.54, 1.807) is 0 Å². The normalized spacial score (nSPS) is 26.0. The number of nitrogens with one attached hydrogen (secondary N) is 1. The van der Waals surface area contributed by atoms with Crippen molar-refractivity contribution in [2.75, 3.05) is 13.1 Å². The number of aryl methyl sites for hydroxylation is 1. The van der Waals surface area contributed by atoms with Crippen LogP contribution in [0.1, 0.15) is 60.9 Å². The van der Waals surface area contributed by atoms with E-state index in [0.717, 1.165) is 47.8 Å². The molecule has 1 N–H and O–H groups in total. The highest BCUT2D eigenvalue weighted by atomic mass is 16.2. The Morgan fingerprint density at radius 3 is 2.47 bits per heavy atom. The molecule has 1 saturated heterocycles. The topological polar surface area (TPSA) is 56.4 Å². The van der Waals surface area contributed by atoms with Crippen molar-refractivity contribution >= 4 is 22.7 Å². The average Bonchev–Trinajstić information content (AvgIpc) is 3.46. The third-order valence-electron chi connectivity index (χ3n) is 8.02. The summed E-state index contributed by atoms with van der Waals surface area (Å²) in [5.74, 6) is 0.157. The molecular weight excluding hydrogens is 398 g/mol. The van der Waals surface area contributed by atoms with Gasteiger partial charge < -0.3 is 14.8 Å². The van der Waals surface area contributed by atoms with E-state index in [0.29, 0.717) is 6.54 Å². The highest BCUT2D eigenvalue weighted by Crippen LogP contribution is 2.48. The van der Waals surface area contributed by atoms with Gasteiger partial charge in [0.2, 0.25) is 5.91 Å². The minimum Gasteiger partial charge on any atom is -0.356 e. The molecule has 0 radical (unpaired) electrons. The molecule has 164 valence electrons. The minimum atomic E-state index is -0.993.